The van der Waals surface area contributed by atoms with Gasteiger partial charge < -0.3 is 10.1 Å². The van der Waals surface area contributed by atoms with E-state index in [4.69, 9.17) is 4.74 Å². The van der Waals surface area contributed by atoms with E-state index in [1.54, 1.807) is 0 Å². The highest BCUT2D eigenvalue weighted by molar-refractivity contribution is 9.10. The fourth-order valence-corrected chi connectivity index (χ4v) is 2.85. The molecule has 0 aromatic heterocycles. The third kappa shape index (κ3) is 3.92. The van der Waals surface area contributed by atoms with Gasteiger partial charge in [0.15, 0.2) is 0 Å². The van der Waals surface area contributed by atoms with Crippen molar-refractivity contribution in [2.24, 2.45) is 5.92 Å². The highest BCUT2D eigenvalue weighted by Gasteiger charge is 2.40. The predicted octanol–water partition coefficient (Wildman–Crippen LogP) is 4.16. The maximum atomic E-state index is 13.6. The lowest BCUT2D eigenvalue weighted by Gasteiger charge is -2.31. The number of hydrogen-bond donors (Lipinski definition) is 1. The van der Waals surface area contributed by atoms with Crippen molar-refractivity contribution in [2.75, 3.05) is 19.7 Å². The summed E-state index contributed by atoms with van der Waals surface area (Å²) >= 11 is 3.45. The van der Waals surface area contributed by atoms with Crippen molar-refractivity contribution in [3.05, 3.63) is 28.2 Å². The number of alkyl halides is 2. The number of nitrogens with one attached hydrogen (secondary N) is 1. The maximum absolute atomic E-state index is 13.6. The van der Waals surface area contributed by atoms with Gasteiger partial charge in [0.05, 0.1) is 13.2 Å². The highest BCUT2D eigenvalue weighted by Crippen LogP contribution is 2.33. The molecule has 1 saturated heterocycles. The topological polar surface area (TPSA) is 21.3 Å². The van der Waals surface area contributed by atoms with Crippen LogP contribution in [-0.4, -0.2) is 25.6 Å². The number of piperidine rings is 1. The molecule has 1 aliphatic rings. The van der Waals surface area contributed by atoms with E-state index in [0.717, 1.165) is 15.8 Å². The van der Waals surface area contributed by atoms with Crippen LogP contribution in [0.15, 0.2) is 22.7 Å². The Labute approximate surface area is 127 Å². The van der Waals surface area contributed by atoms with Crippen molar-refractivity contribution in [2.45, 2.75) is 32.1 Å². The normalized spacial score (nSPS) is 21.7. The molecule has 0 bridgehead atoms. The summed E-state index contributed by atoms with van der Waals surface area (Å²) < 4.78 is 33.9. The summed E-state index contributed by atoms with van der Waals surface area (Å²) in [4.78, 5) is 0. The van der Waals surface area contributed by atoms with Gasteiger partial charge in [0.1, 0.15) is 5.75 Å². The van der Waals surface area contributed by atoms with Gasteiger partial charge in [0, 0.05) is 16.0 Å². The summed E-state index contributed by atoms with van der Waals surface area (Å²) in [7, 11) is 0. The Balaban J connectivity index is 1.77. The summed E-state index contributed by atoms with van der Waals surface area (Å²) in [5.74, 6) is -2.28. The number of rotatable bonds is 5. The predicted molar refractivity (Wildman–Crippen MR) is 79.5 cm³/mol. The van der Waals surface area contributed by atoms with E-state index in [1.165, 1.54) is 0 Å². The van der Waals surface area contributed by atoms with Crippen molar-refractivity contribution < 1.29 is 13.5 Å². The van der Waals surface area contributed by atoms with Gasteiger partial charge in [-0.05, 0) is 44.9 Å². The average molecular weight is 348 g/mol. The highest BCUT2D eigenvalue weighted by atomic mass is 79.9. The van der Waals surface area contributed by atoms with Crippen LogP contribution < -0.4 is 10.1 Å². The zero-order valence-corrected chi connectivity index (χ0v) is 13.2. The van der Waals surface area contributed by atoms with Gasteiger partial charge in [-0.15, -0.1) is 0 Å². The molecule has 1 aromatic carbocycles. The molecule has 112 valence electrons. The van der Waals surface area contributed by atoms with Crippen LogP contribution >= 0.6 is 15.9 Å². The molecule has 1 N–H and O–H groups in total. The van der Waals surface area contributed by atoms with Crippen molar-refractivity contribution in [1.82, 2.24) is 5.32 Å². The van der Waals surface area contributed by atoms with Crippen LogP contribution in [0, 0.1) is 12.8 Å². The van der Waals surface area contributed by atoms with Crippen LogP contribution in [0.3, 0.4) is 0 Å². The summed E-state index contributed by atoms with van der Waals surface area (Å²) in [6, 6.07) is 5.77. The minimum atomic E-state index is -2.58. The molecule has 2 rings (SSSR count). The molecule has 1 atom stereocenters. The third-order valence-corrected chi connectivity index (χ3v) is 4.66. The second-order valence-corrected chi connectivity index (χ2v) is 6.13. The van der Waals surface area contributed by atoms with E-state index >= 15 is 0 Å². The van der Waals surface area contributed by atoms with Crippen LogP contribution in [0.25, 0.3) is 0 Å². The van der Waals surface area contributed by atoms with Gasteiger partial charge in [-0.25, -0.2) is 8.78 Å². The second-order valence-electron chi connectivity index (χ2n) is 5.28. The molecule has 2 nitrogen and oxygen atoms in total. The first-order valence-electron chi connectivity index (χ1n) is 6.97. The standard InChI is InChI=1S/C15H20BrF2NO/c1-11-13(16)5-2-6-14(11)20-9-3-4-12-7-8-19-10-15(12,17)18/h2,5-6,12,19H,3-4,7-10H2,1H3. The minimum absolute atomic E-state index is 0.191. The van der Waals surface area contributed by atoms with Crippen molar-refractivity contribution in [3.8, 4) is 5.75 Å². The number of benzene rings is 1. The smallest absolute Gasteiger partial charge is 0.263 e. The molecule has 1 heterocycles. The van der Waals surface area contributed by atoms with Gasteiger partial charge in [-0.1, -0.05) is 22.0 Å². The van der Waals surface area contributed by atoms with Gasteiger partial charge >= 0.3 is 0 Å². The molecule has 1 unspecified atom stereocenters. The Hall–Kier alpha value is -0.680. The van der Waals surface area contributed by atoms with Crippen molar-refractivity contribution in [3.63, 3.8) is 0 Å². The van der Waals surface area contributed by atoms with Gasteiger partial charge in [0.2, 0.25) is 0 Å². The zero-order chi connectivity index (χ0) is 14.6. The molecule has 1 aliphatic heterocycles. The van der Waals surface area contributed by atoms with E-state index in [9.17, 15) is 8.78 Å². The SMILES string of the molecule is Cc1c(Br)cccc1OCCCC1CCNCC1(F)F. The van der Waals surface area contributed by atoms with E-state index in [1.807, 2.05) is 25.1 Å². The van der Waals surface area contributed by atoms with E-state index < -0.39 is 11.8 Å². The quantitative estimate of drug-likeness (QED) is 0.807. The van der Waals surface area contributed by atoms with Crippen LogP contribution in [0.2, 0.25) is 0 Å². The van der Waals surface area contributed by atoms with Gasteiger partial charge in [0.25, 0.3) is 5.92 Å². The molecule has 0 amide bonds. The van der Waals surface area contributed by atoms with Gasteiger partial charge in [-0.3, -0.25) is 0 Å². The molecule has 20 heavy (non-hydrogen) atoms. The first kappa shape index (κ1) is 15.7. The number of ether oxygens (including phenoxy) is 1. The number of hydrogen-bond acceptors (Lipinski definition) is 2. The summed E-state index contributed by atoms with van der Waals surface area (Å²) in [5, 5.41) is 2.75. The van der Waals surface area contributed by atoms with Crippen LogP contribution in [-0.2, 0) is 0 Å². The minimum Gasteiger partial charge on any atom is -0.493 e. The fraction of sp³-hybridized carbons (Fsp3) is 0.600. The monoisotopic (exact) mass is 347 g/mol. The molecule has 0 aliphatic carbocycles. The molecule has 1 aromatic rings. The maximum Gasteiger partial charge on any atom is 0.263 e. The first-order valence-corrected chi connectivity index (χ1v) is 7.76. The largest absolute Gasteiger partial charge is 0.493 e. The number of halogens is 3. The molecular weight excluding hydrogens is 328 g/mol. The Morgan fingerprint density at radius 1 is 1.45 bits per heavy atom. The van der Waals surface area contributed by atoms with Crippen LogP contribution in [0.4, 0.5) is 8.78 Å². The molecule has 0 saturated carbocycles. The summed E-state index contributed by atoms with van der Waals surface area (Å²) in [6.45, 7) is 2.95. The molecule has 1 fully saturated rings. The van der Waals surface area contributed by atoms with E-state index in [0.29, 0.717) is 32.4 Å². The Kier molecular flexibility index (Phi) is 5.38. The Morgan fingerprint density at radius 2 is 2.25 bits per heavy atom. The lowest BCUT2D eigenvalue weighted by atomic mass is 9.90. The van der Waals surface area contributed by atoms with Crippen LogP contribution in [0.1, 0.15) is 24.8 Å². The summed E-state index contributed by atoms with van der Waals surface area (Å²) in [6.07, 6.45) is 1.72. The fourth-order valence-electron chi connectivity index (χ4n) is 2.50. The van der Waals surface area contributed by atoms with Gasteiger partial charge in [-0.2, -0.15) is 0 Å². The van der Waals surface area contributed by atoms with Crippen molar-refractivity contribution >= 4 is 15.9 Å². The van der Waals surface area contributed by atoms with Crippen molar-refractivity contribution in [1.29, 1.82) is 0 Å². The lowest BCUT2D eigenvalue weighted by Crippen LogP contribution is -2.46. The first-order chi connectivity index (χ1) is 9.50. The summed E-state index contributed by atoms with van der Waals surface area (Å²) in [5.41, 5.74) is 1.04. The van der Waals surface area contributed by atoms with Crippen LogP contribution in [0.5, 0.6) is 5.75 Å². The second kappa shape index (κ2) is 6.85. The zero-order valence-electron chi connectivity index (χ0n) is 11.6. The third-order valence-electron chi connectivity index (χ3n) is 3.80. The van der Waals surface area contributed by atoms with E-state index in [-0.39, 0.29) is 6.54 Å². The Morgan fingerprint density at radius 3 is 3.00 bits per heavy atom. The molecule has 5 heteroatoms. The average Bonchev–Trinajstić information content (AvgIpc) is 2.40. The molecular formula is C15H20BrF2NO. The molecule has 0 spiro atoms. The van der Waals surface area contributed by atoms with E-state index in [2.05, 4.69) is 21.2 Å². The molecule has 0 radical (unpaired) electrons. The lowest BCUT2D eigenvalue weighted by molar-refractivity contribution is -0.0770. The Bertz CT molecular complexity index is 453.